The summed E-state index contributed by atoms with van der Waals surface area (Å²) in [5.74, 6) is 0. The summed E-state index contributed by atoms with van der Waals surface area (Å²) in [6, 6.07) is 0.380. The largest absolute Gasteiger partial charge is 0.372 e. The van der Waals surface area contributed by atoms with Crippen molar-refractivity contribution < 1.29 is 4.74 Å². The fraction of sp³-hybridized carbons (Fsp3) is 1.00. The van der Waals surface area contributed by atoms with Crippen LogP contribution in [0, 0.1) is 0 Å². The van der Waals surface area contributed by atoms with Crippen molar-refractivity contribution in [1.82, 2.24) is 0 Å². The molecule has 0 unspecified atom stereocenters. The molecule has 72 valence electrons. The molecular formula is C9H20N2O. The second kappa shape index (κ2) is 4.21. The zero-order valence-electron chi connectivity index (χ0n) is 7.99. The summed E-state index contributed by atoms with van der Waals surface area (Å²) >= 11 is 0. The number of ether oxygens (including phenoxy) is 1. The van der Waals surface area contributed by atoms with Gasteiger partial charge in [0, 0.05) is 12.1 Å². The molecule has 0 aromatic rings. The van der Waals surface area contributed by atoms with Gasteiger partial charge in [0.25, 0.3) is 0 Å². The summed E-state index contributed by atoms with van der Waals surface area (Å²) in [6.45, 7) is 4.12. The minimum absolute atomic E-state index is 0.168. The van der Waals surface area contributed by atoms with E-state index >= 15 is 0 Å². The van der Waals surface area contributed by atoms with E-state index in [9.17, 15) is 0 Å². The van der Waals surface area contributed by atoms with E-state index in [2.05, 4.69) is 6.92 Å². The molecule has 0 aliphatic carbocycles. The van der Waals surface area contributed by atoms with Crippen molar-refractivity contribution in [2.75, 3.05) is 0 Å². The van der Waals surface area contributed by atoms with E-state index in [-0.39, 0.29) is 24.3 Å². The minimum Gasteiger partial charge on any atom is -0.372 e. The molecule has 1 fully saturated rings. The Morgan fingerprint density at radius 3 is 2.67 bits per heavy atom. The van der Waals surface area contributed by atoms with Gasteiger partial charge in [0.2, 0.25) is 0 Å². The fourth-order valence-electron chi connectivity index (χ4n) is 1.61. The van der Waals surface area contributed by atoms with Crippen LogP contribution in [-0.4, -0.2) is 24.3 Å². The highest BCUT2D eigenvalue weighted by Crippen LogP contribution is 2.20. The molecule has 0 amide bonds. The molecule has 0 spiro atoms. The van der Waals surface area contributed by atoms with Crippen molar-refractivity contribution in [3.05, 3.63) is 0 Å². The first-order chi connectivity index (χ1) is 5.65. The third kappa shape index (κ3) is 2.19. The molecule has 3 heteroatoms. The van der Waals surface area contributed by atoms with E-state index in [1.807, 2.05) is 6.92 Å². The first-order valence-electron chi connectivity index (χ1n) is 4.81. The van der Waals surface area contributed by atoms with Gasteiger partial charge in [0.05, 0.1) is 12.2 Å². The van der Waals surface area contributed by atoms with E-state index in [4.69, 9.17) is 16.2 Å². The van der Waals surface area contributed by atoms with Crippen molar-refractivity contribution in [3.63, 3.8) is 0 Å². The van der Waals surface area contributed by atoms with E-state index < -0.39 is 0 Å². The SMILES string of the molecule is CC[C@@H](N)[C@@H]1CC[C@@H](N)[C@@H](C)O1. The lowest BCUT2D eigenvalue weighted by molar-refractivity contribution is -0.0623. The van der Waals surface area contributed by atoms with Crippen LogP contribution in [0.25, 0.3) is 0 Å². The molecule has 0 aromatic heterocycles. The van der Waals surface area contributed by atoms with Gasteiger partial charge in [-0.1, -0.05) is 6.92 Å². The number of hydrogen-bond acceptors (Lipinski definition) is 3. The fourth-order valence-corrected chi connectivity index (χ4v) is 1.61. The van der Waals surface area contributed by atoms with Crippen molar-refractivity contribution in [2.45, 2.75) is 57.4 Å². The molecule has 1 saturated heterocycles. The zero-order valence-corrected chi connectivity index (χ0v) is 7.99. The molecule has 0 bridgehead atoms. The zero-order chi connectivity index (χ0) is 9.14. The Bertz CT molecular complexity index is 140. The molecule has 0 radical (unpaired) electrons. The molecule has 1 aliphatic rings. The maximum Gasteiger partial charge on any atom is 0.0730 e. The number of rotatable bonds is 2. The highest BCUT2D eigenvalue weighted by molar-refractivity contribution is 4.83. The average molecular weight is 172 g/mol. The Morgan fingerprint density at radius 1 is 1.50 bits per heavy atom. The number of hydrogen-bond donors (Lipinski definition) is 2. The maximum atomic E-state index is 5.89. The monoisotopic (exact) mass is 172 g/mol. The normalized spacial score (nSPS) is 39.5. The summed E-state index contributed by atoms with van der Waals surface area (Å²) in [5.41, 5.74) is 11.7. The van der Waals surface area contributed by atoms with Gasteiger partial charge in [-0.05, 0) is 26.2 Å². The molecule has 12 heavy (non-hydrogen) atoms. The lowest BCUT2D eigenvalue weighted by Crippen LogP contribution is -2.48. The molecule has 0 aromatic carbocycles. The lowest BCUT2D eigenvalue weighted by Gasteiger charge is -2.35. The van der Waals surface area contributed by atoms with Crippen LogP contribution in [0.4, 0.5) is 0 Å². The van der Waals surface area contributed by atoms with Crippen molar-refractivity contribution in [1.29, 1.82) is 0 Å². The summed E-state index contributed by atoms with van der Waals surface area (Å²) in [7, 11) is 0. The van der Waals surface area contributed by atoms with Crippen molar-refractivity contribution in [2.24, 2.45) is 11.5 Å². The Labute approximate surface area is 74.4 Å². The third-order valence-electron chi connectivity index (χ3n) is 2.73. The van der Waals surface area contributed by atoms with Crippen LogP contribution in [0.1, 0.15) is 33.1 Å². The van der Waals surface area contributed by atoms with Gasteiger partial charge in [-0.25, -0.2) is 0 Å². The minimum atomic E-state index is 0.168. The molecule has 1 rings (SSSR count). The molecule has 0 saturated carbocycles. The molecule has 4 atom stereocenters. The standard InChI is InChI=1S/C9H20N2O/c1-3-7(10)9-5-4-8(11)6(2)12-9/h6-9H,3-5,10-11H2,1-2H3/t6-,7-,8-,9+/m1/s1. The predicted molar refractivity (Wildman–Crippen MR) is 49.8 cm³/mol. The number of nitrogens with two attached hydrogens (primary N) is 2. The predicted octanol–water partition coefficient (Wildman–Crippen LogP) is 0.618. The first-order valence-corrected chi connectivity index (χ1v) is 4.81. The van der Waals surface area contributed by atoms with Crippen LogP contribution < -0.4 is 11.5 Å². The Morgan fingerprint density at radius 2 is 2.17 bits per heavy atom. The topological polar surface area (TPSA) is 61.3 Å². The third-order valence-corrected chi connectivity index (χ3v) is 2.73. The van der Waals surface area contributed by atoms with Gasteiger partial charge in [-0.2, -0.15) is 0 Å². The van der Waals surface area contributed by atoms with Crippen LogP contribution in [0.5, 0.6) is 0 Å². The van der Waals surface area contributed by atoms with E-state index in [0.29, 0.717) is 0 Å². The van der Waals surface area contributed by atoms with Crippen LogP contribution in [0.3, 0.4) is 0 Å². The Hall–Kier alpha value is -0.120. The molecule has 3 nitrogen and oxygen atoms in total. The van der Waals surface area contributed by atoms with E-state index in [1.165, 1.54) is 0 Å². The van der Waals surface area contributed by atoms with Gasteiger partial charge in [0.1, 0.15) is 0 Å². The van der Waals surface area contributed by atoms with Gasteiger partial charge < -0.3 is 16.2 Å². The molecule has 4 N–H and O–H groups in total. The summed E-state index contributed by atoms with van der Waals surface area (Å²) in [5, 5.41) is 0. The van der Waals surface area contributed by atoms with Gasteiger partial charge in [0.15, 0.2) is 0 Å². The van der Waals surface area contributed by atoms with Crippen LogP contribution in [0.2, 0.25) is 0 Å². The van der Waals surface area contributed by atoms with Gasteiger partial charge in [-0.3, -0.25) is 0 Å². The highest BCUT2D eigenvalue weighted by Gasteiger charge is 2.28. The Balaban J connectivity index is 2.39. The molecule has 1 aliphatic heterocycles. The van der Waals surface area contributed by atoms with E-state index in [0.717, 1.165) is 19.3 Å². The molecule has 1 heterocycles. The Kier molecular flexibility index (Phi) is 3.50. The molecular weight excluding hydrogens is 152 g/mol. The summed E-state index contributed by atoms with van der Waals surface area (Å²) in [6.07, 6.45) is 3.43. The second-order valence-corrected chi connectivity index (χ2v) is 3.69. The smallest absolute Gasteiger partial charge is 0.0730 e. The summed E-state index contributed by atoms with van der Waals surface area (Å²) < 4.78 is 5.70. The maximum absolute atomic E-state index is 5.89. The van der Waals surface area contributed by atoms with Crippen LogP contribution in [0.15, 0.2) is 0 Å². The van der Waals surface area contributed by atoms with Gasteiger partial charge in [-0.15, -0.1) is 0 Å². The van der Waals surface area contributed by atoms with Crippen molar-refractivity contribution in [3.8, 4) is 0 Å². The average Bonchev–Trinajstić information content (AvgIpc) is 2.08. The van der Waals surface area contributed by atoms with Crippen LogP contribution in [-0.2, 0) is 4.74 Å². The lowest BCUT2D eigenvalue weighted by atomic mass is 9.95. The van der Waals surface area contributed by atoms with E-state index in [1.54, 1.807) is 0 Å². The highest BCUT2D eigenvalue weighted by atomic mass is 16.5. The van der Waals surface area contributed by atoms with Crippen molar-refractivity contribution >= 4 is 0 Å². The van der Waals surface area contributed by atoms with Gasteiger partial charge >= 0.3 is 0 Å². The second-order valence-electron chi connectivity index (χ2n) is 3.69. The summed E-state index contributed by atoms with van der Waals surface area (Å²) in [4.78, 5) is 0. The quantitative estimate of drug-likeness (QED) is 0.642. The first kappa shape index (κ1) is 9.96. The van der Waals surface area contributed by atoms with Crippen LogP contribution >= 0.6 is 0 Å².